The van der Waals surface area contributed by atoms with Crippen molar-refractivity contribution < 1.29 is 28.3 Å². The molecule has 1 saturated heterocycles. The minimum absolute atomic E-state index is 0.0465. The molecule has 9 nitrogen and oxygen atoms in total. The Morgan fingerprint density at radius 1 is 1.06 bits per heavy atom. The first-order chi connectivity index (χ1) is 15.4. The maximum atomic E-state index is 14.0. The summed E-state index contributed by atoms with van der Waals surface area (Å²) in [5.74, 6) is -0.725. The van der Waals surface area contributed by atoms with Crippen molar-refractivity contribution in [3.8, 4) is 17.2 Å². The van der Waals surface area contributed by atoms with Crippen LogP contribution in [-0.4, -0.2) is 68.1 Å². The van der Waals surface area contributed by atoms with Crippen molar-refractivity contribution in [3.63, 3.8) is 0 Å². The zero-order chi connectivity index (χ0) is 23.3. The minimum Gasteiger partial charge on any atom is -0.493 e. The Bertz CT molecular complexity index is 1000. The number of nitrogens with zero attached hydrogens (tertiary/aromatic N) is 3. The molecule has 1 amide bonds. The van der Waals surface area contributed by atoms with Crippen molar-refractivity contribution >= 4 is 11.6 Å². The highest BCUT2D eigenvalue weighted by Gasteiger charge is 2.34. The van der Waals surface area contributed by atoms with Gasteiger partial charge in [0.25, 0.3) is 5.91 Å². The van der Waals surface area contributed by atoms with Crippen LogP contribution in [-0.2, 0) is 6.54 Å². The number of carbonyl (C=O) groups excluding carboxylic acids is 1. The first kappa shape index (κ1) is 23.3. The molecule has 1 heterocycles. The summed E-state index contributed by atoms with van der Waals surface area (Å²) in [7, 11) is 3.99. The van der Waals surface area contributed by atoms with E-state index in [0.29, 0.717) is 44.7 Å². The Morgan fingerprint density at radius 3 is 2.41 bits per heavy atom. The minimum atomic E-state index is -0.656. The molecule has 1 aliphatic rings. The van der Waals surface area contributed by atoms with Crippen LogP contribution in [0.15, 0.2) is 30.3 Å². The number of benzene rings is 2. The first-order valence-electron chi connectivity index (χ1n) is 10.1. The molecular formula is C22H26FN3O6. The zero-order valence-corrected chi connectivity index (χ0v) is 18.3. The maximum absolute atomic E-state index is 14.0. The number of carbonyl (C=O) groups is 1. The summed E-state index contributed by atoms with van der Waals surface area (Å²) in [4.78, 5) is 28.1. The molecule has 32 heavy (non-hydrogen) atoms. The molecule has 0 radical (unpaired) electrons. The van der Waals surface area contributed by atoms with E-state index < -0.39 is 16.5 Å². The van der Waals surface area contributed by atoms with E-state index in [2.05, 4.69) is 4.90 Å². The van der Waals surface area contributed by atoms with Crippen LogP contribution in [0.25, 0.3) is 0 Å². The second-order valence-corrected chi connectivity index (χ2v) is 7.31. The monoisotopic (exact) mass is 447 g/mol. The SMILES string of the molecule is COc1cc(C(=O)N2CCCN(Cc3ccccc3F)CC2)c([N+](=O)[O-])c(OC)c1OC. The Morgan fingerprint density at radius 2 is 1.78 bits per heavy atom. The van der Waals surface area contributed by atoms with Gasteiger partial charge in [0.15, 0.2) is 5.75 Å². The van der Waals surface area contributed by atoms with E-state index in [9.17, 15) is 19.3 Å². The lowest BCUT2D eigenvalue weighted by Crippen LogP contribution is -2.35. The molecule has 1 fully saturated rings. The third kappa shape index (κ3) is 4.75. The Kier molecular flexibility index (Phi) is 7.47. The third-order valence-corrected chi connectivity index (χ3v) is 5.44. The Balaban J connectivity index is 1.86. The van der Waals surface area contributed by atoms with Gasteiger partial charge in [-0.05, 0) is 12.5 Å². The lowest BCUT2D eigenvalue weighted by atomic mass is 10.1. The summed E-state index contributed by atoms with van der Waals surface area (Å²) in [6, 6.07) is 7.90. The smallest absolute Gasteiger partial charge is 0.327 e. The number of hydrogen-bond acceptors (Lipinski definition) is 7. The summed E-state index contributed by atoms with van der Waals surface area (Å²) in [6.45, 7) is 2.38. The highest BCUT2D eigenvalue weighted by atomic mass is 19.1. The predicted molar refractivity (Wildman–Crippen MR) is 115 cm³/mol. The molecule has 0 atom stereocenters. The van der Waals surface area contributed by atoms with Crippen molar-refractivity contribution in [2.45, 2.75) is 13.0 Å². The molecule has 3 rings (SSSR count). The van der Waals surface area contributed by atoms with Gasteiger partial charge in [-0.2, -0.15) is 0 Å². The van der Waals surface area contributed by atoms with Crippen molar-refractivity contribution in [3.05, 3.63) is 57.4 Å². The molecule has 10 heteroatoms. The van der Waals surface area contributed by atoms with Gasteiger partial charge in [0.2, 0.25) is 11.5 Å². The third-order valence-electron chi connectivity index (χ3n) is 5.44. The summed E-state index contributed by atoms with van der Waals surface area (Å²) in [5, 5.41) is 11.8. The topological polar surface area (TPSA) is 94.4 Å². The summed E-state index contributed by atoms with van der Waals surface area (Å²) < 4.78 is 29.7. The van der Waals surface area contributed by atoms with Crippen LogP contribution in [0, 0.1) is 15.9 Å². The fourth-order valence-electron chi connectivity index (χ4n) is 3.86. The summed E-state index contributed by atoms with van der Waals surface area (Å²) in [5.41, 5.74) is -0.0118. The van der Waals surface area contributed by atoms with Crippen molar-refractivity contribution in [1.29, 1.82) is 0 Å². The molecule has 0 N–H and O–H groups in total. The van der Waals surface area contributed by atoms with Gasteiger partial charge in [0, 0.05) is 44.4 Å². The van der Waals surface area contributed by atoms with Crippen LogP contribution < -0.4 is 14.2 Å². The van der Waals surface area contributed by atoms with Crippen LogP contribution in [0.1, 0.15) is 22.3 Å². The number of amides is 1. The fraction of sp³-hybridized carbons (Fsp3) is 0.409. The van der Waals surface area contributed by atoms with Crippen LogP contribution >= 0.6 is 0 Å². The number of methoxy groups -OCH3 is 3. The number of nitro groups is 1. The van der Waals surface area contributed by atoms with Gasteiger partial charge in [-0.3, -0.25) is 19.8 Å². The van der Waals surface area contributed by atoms with E-state index in [1.165, 1.54) is 33.5 Å². The number of rotatable bonds is 7. The second-order valence-electron chi connectivity index (χ2n) is 7.31. The van der Waals surface area contributed by atoms with Gasteiger partial charge in [0.05, 0.1) is 26.3 Å². The normalized spacial score (nSPS) is 14.6. The fourth-order valence-corrected chi connectivity index (χ4v) is 3.86. The molecular weight excluding hydrogens is 421 g/mol. The highest BCUT2D eigenvalue weighted by Crippen LogP contribution is 2.46. The lowest BCUT2D eigenvalue weighted by molar-refractivity contribution is -0.386. The number of nitro benzene ring substituents is 1. The van der Waals surface area contributed by atoms with Gasteiger partial charge >= 0.3 is 5.69 Å². The van der Waals surface area contributed by atoms with Crippen molar-refractivity contribution in [2.24, 2.45) is 0 Å². The van der Waals surface area contributed by atoms with Crippen LogP contribution in [0.3, 0.4) is 0 Å². The number of halogens is 1. The highest BCUT2D eigenvalue weighted by molar-refractivity contribution is 6.00. The molecule has 0 bridgehead atoms. The number of ether oxygens (including phenoxy) is 3. The summed E-state index contributed by atoms with van der Waals surface area (Å²) in [6.07, 6.45) is 0.651. The molecule has 0 aromatic heterocycles. The zero-order valence-electron chi connectivity index (χ0n) is 18.3. The first-order valence-corrected chi connectivity index (χ1v) is 10.1. The molecule has 0 saturated carbocycles. The van der Waals surface area contributed by atoms with E-state index >= 15 is 0 Å². The van der Waals surface area contributed by atoms with Crippen molar-refractivity contribution in [2.75, 3.05) is 47.5 Å². The summed E-state index contributed by atoms with van der Waals surface area (Å²) >= 11 is 0. The van der Waals surface area contributed by atoms with Crippen molar-refractivity contribution in [1.82, 2.24) is 9.80 Å². The Labute approximate surface area is 185 Å². The second kappa shape index (κ2) is 10.3. The molecule has 1 aliphatic heterocycles. The average Bonchev–Trinajstić information content (AvgIpc) is 3.03. The lowest BCUT2D eigenvalue weighted by Gasteiger charge is -2.23. The van der Waals surface area contributed by atoms with Crippen LogP contribution in [0.2, 0.25) is 0 Å². The molecule has 0 spiro atoms. The Hall–Kier alpha value is -3.40. The molecule has 0 aliphatic carbocycles. The van der Waals surface area contributed by atoms with Gasteiger partial charge in [-0.1, -0.05) is 18.2 Å². The van der Waals surface area contributed by atoms with Gasteiger partial charge in [-0.15, -0.1) is 0 Å². The van der Waals surface area contributed by atoms with E-state index in [-0.39, 0.29) is 28.6 Å². The molecule has 172 valence electrons. The average molecular weight is 447 g/mol. The van der Waals surface area contributed by atoms with E-state index in [1.807, 2.05) is 0 Å². The van der Waals surface area contributed by atoms with E-state index in [4.69, 9.17) is 14.2 Å². The van der Waals surface area contributed by atoms with E-state index in [1.54, 1.807) is 23.1 Å². The molecule has 2 aromatic rings. The van der Waals surface area contributed by atoms with E-state index in [0.717, 1.165) is 0 Å². The van der Waals surface area contributed by atoms with Gasteiger partial charge in [-0.25, -0.2) is 4.39 Å². The van der Waals surface area contributed by atoms with Gasteiger partial charge < -0.3 is 19.1 Å². The number of hydrogen-bond donors (Lipinski definition) is 0. The quantitative estimate of drug-likeness (QED) is 0.475. The van der Waals surface area contributed by atoms with Gasteiger partial charge in [0.1, 0.15) is 11.4 Å². The maximum Gasteiger partial charge on any atom is 0.327 e. The van der Waals surface area contributed by atoms with Crippen LogP contribution in [0.5, 0.6) is 17.2 Å². The molecule has 2 aromatic carbocycles. The predicted octanol–water partition coefficient (Wildman–Crippen LogP) is 3.11. The molecule has 0 unspecified atom stereocenters. The standard InChI is InChI=1S/C22H26FN3O6/c1-30-18-13-16(19(26(28)29)21(32-3)20(18)31-2)22(27)25-10-6-9-24(11-12-25)14-15-7-4-5-8-17(15)23/h4-5,7-8,13H,6,9-12,14H2,1-3H3. The largest absolute Gasteiger partial charge is 0.493 e. The van der Waals surface area contributed by atoms with Crippen LogP contribution in [0.4, 0.5) is 10.1 Å².